The van der Waals surface area contributed by atoms with Crippen molar-refractivity contribution in [2.75, 3.05) is 19.8 Å². The molecule has 112 valence electrons. The van der Waals surface area contributed by atoms with E-state index < -0.39 is 0 Å². The van der Waals surface area contributed by atoms with Crippen LogP contribution in [0.1, 0.15) is 44.2 Å². The maximum Gasteiger partial charge on any atom is 0.0746 e. The highest BCUT2D eigenvalue weighted by atomic mass is 16.5. The number of ether oxygens (including phenoxy) is 2. The van der Waals surface area contributed by atoms with Crippen LogP contribution in [0.3, 0.4) is 0 Å². The van der Waals surface area contributed by atoms with Crippen molar-refractivity contribution < 1.29 is 9.47 Å². The van der Waals surface area contributed by atoms with E-state index >= 15 is 0 Å². The minimum absolute atomic E-state index is 0.0223. The zero-order chi connectivity index (χ0) is 14.0. The van der Waals surface area contributed by atoms with Crippen molar-refractivity contribution in [2.24, 2.45) is 5.73 Å². The van der Waals surface area contributed by atoms with Crippen molar-refractivity contribution in [3.8, 4) is 0 Å². The van der Waals surface area contributed by atoms with Crippen LogP contribution in [0.2, 0.25) is 0 Å². The van der Waals surface area contributed by atoms with Gasteiger partial charge in [-0.15, -0.1) is 0 Å². The molecule has 0 aromatic carbocycles. The maximum absolute atomic E-state index is 6.09. The molecule has 0 radical (unpaired) electrons. The molecule has 2 unspecified atom stereocenters. The predicted molar refractivity (Wildman–Crippen MR) is 76.6 cm³/mol. The summed E-state index contributed by atoms with van der Waals surface area (Å²) in [6.45, 7) is 4.50. The Bertz CT molecular complexity index is 433. The standard InChI is InChI=1S/C15H25N3O2/c1-12(16)8-13-10-17-18(11-13)14-2-5-20-15(9-14)3-6-19-7-4-15/h10-12,14H,2-9,16H2,1H3. The first-order valence-electron chi connectivity index (χ1n) is 7.67. The molecule has 1 aromatic rings. The summed E-state index contributed by atoms with van der Waals surface area (Å²) in [5, 5.41) is 4.55. The molecule has 2 N–H and O–H groups in total. The van der Waals surface area contributed by atoms with Gasteiger partial charge in [0.25, 0.3) is 0 Å². The van der Waals surface area contributed by atoms with E-state index in [1.165, 1.54) is 5.56 Å². The van der Waals surface area contributed by atoms with Crippen LogP contribution in [0.4, 0.5) is 0 Å². The van der Waals surface area contributed by atoms with Crippen LogP contribution in [0.15, 0.2) is 12.4 Å². The third-order valence-corrected chi connectivity index (χ3v) is 4.46. The van der Waals surface area contributed by atoms with Gasteiger partial charge in [0.15, 0.2) is 0 Å². The smallest absolute Gasteiger partial charge is 0.0746 e. The van der Waals surface area contributed by atoms with Gasteiger partial charge in [-0.2, -0.15) is 5.10 Å². The summed E-state index contributed by atoms with van der Waals surface area (Å²) < 4.78 is 13.7. The van der Waals surface area contributed by atoms with Gasteiger partial charge in [0, 0.05) is 32.1 Å². The fourth-order valence-electron chi connectivity index (χ4n) is 3.37. The van der Waals surface area contributed by atoms with Crippen LogP contribution in [-0.2, 0) is 15.9 Å². The molecule has 0 saturated carbocycles. The Hall–Kier alpha value is -0.910. The van der Waals surface area contributed by atoms with Gasteiger partial charge in [0.1, 0.15) is 0 Å². The second-order valence-corrected chi connectivity index (χ2v) is 6.30. The number of nitrogens with two attached hydrogens (primary N) is 1. The van der Waals surface area contributed by atoms with E-state index in [4.69, 9.17) is 15.2 Å². The quantitative estimate of drug-likeness (QED) is 0.914. The minimum Gasteiger partial charge on any atom is -0.381 e. The lowest BCUT2D eigenvalue weighted by Crippen LogP contribution is -2.44. The Morgan fingerprint density at radius 1 is 1.45 bits per heavy atom. The predicted octanol–water partition coefficient (Wildman–Crippen LogP) is 1.67. The first-order chi connectivity index (χ1) is 9.67. The SMILES string of the molecule is CC(N)Cc1cnn(C2CCOC3(CCOCC3)C2)c1. The first-order valence-corrected chi connectivity index (χ1v) is 7.67. The van der Waals surface area contributed by atoms with Gasteiger partial charge in [-0.1, -0.05) is 0 Å². The first kappa shape index (κ1) is 14.0. The number of nitrogens with zero attached hydrogens (tertiary/aromatic N) is 2. The highest BCUT2D eigenvalue weighted by molar-refractivity contribution is 5.07. The van der Waals surface area contributed by atoms with E-state index in [0.717, 1.165) is 51.9 Å². The average Bonchev–Trinajstić information content (AvgIpc) is 2.87. The molecule has 3 rings (SSSR count). The lowest BCUT2D eigenvalue weighted by Gasteiger charge is -2.43. The molecule has 0 amide bonds. The summed E-state index contributed by atoms with van der Waals surface area (Å²) in [6.07, 6.45) is 9.12. The van der Waals surface area contributed by atoms with Crippen molar-refractivity contribution in [2.45, 2.75) is 56.7 Å². The van der Waals surface area contributed by atoms with Gasteiger partial charge >= 0.3 is 0 Å². The van der Waals surface area contributed by atoms with Crippen LogP contribution in [0.25, 0.3) is 0 Å². The Kier molecular flexibility index (Phi) is 4.10. The van der Waals surface area contributed by atoms with Gasteiger partial charge in [-0.05, 0) is 44.6 Å². The number of aromatic nitrogens is 2. The summed E-state index contributed by atoms with van der Waals surface area (Å²) in [7, 11) is 0. The van der Waals surface area contributed by atoms with Crippen molar-refractivity contribution in [1.29, 1.82) is 0 Å². The molecule has 5 nitrogen and oxygen atoms in total. The van der Waals surface area contributed by atoms with Crippen molar-refractivity contribution in [3.05, 3.63) is 18.0 Å². The second kappa shape index (κ2) is 5.84. The van der Waals surface area contributed by atoms with E-state index in [2.05, 4.69) is 16.0 Å². The Morgan fingerprint density at radius 3 is 3.00 bits per heavy atom. The molecule has 2 atom stereocenters. The van der Waals surface area contributed by atoms with Gasteiger partial charge in [0.2, 0.25) is 0 Å². The normalized spacial score (nSPS) is 27.6. The molecule has 2 fully saturated rings. The summed E-state index contributed by atoms with van der Waals surface area (Å²) in [4.78, 5) is 0. The Balaban J connectivity index is 1.68. The highest BCUT2D eigenvalue weighted by Gasteiger charge is 2.39. The van der Waals surface area contributed by atoms with E-state index in [-0.39, 0.29) is 11.6 Å². The number of rotatable bonds is 3. The molecular formula is C15H25N3O2. The maximum atomic E-state index is 6.09. The van der Waals surface area contributed by atoms with Crippen LogP contribution >= 0.6 is 0 Å². The molecule has 0 aliphatic carbocycles. The highest BCUT2D eigenvalue weighted by Crippen LogP contribution is 2.38. The van der Waals surface area contributed by atoms with Crippen LogP contribution < -0.4 is 5.73 Å². The van der Waals surface area contributed by atoms with Crippen LogP contribution in [0.5, 0.6) is 0 Å². The molecule has 20 heavy (non-hydrogen) atoms. The molecule has 2 aliphatic rings. The number of hydrogen-bond acceptors (Lipinski definition) is 4. The van der Waals surface area contributed by atoms with Crippen LogP contribution in [-0.4, -0.2) is 41.2 Å². The molecule has 3 heterocycles. The van der Waals surface area contributed by atoms with Gasteiger partial charge in [0.05, 0.1) is 17.8 Å². The Labute approximate surface area is 120 Å². The van der Waals surface area contributed by atoms with Crippen LogP contribution in [0, 0.1) is 0 Å². The minimum atomic E-state index is 0.0223. The lowest BCUT2D eigenvalue weighted by molar-refractivity contribution is -0.145. The van der Waals surface area contributed by atoms with Gasteiger partial charge in [-0.3, -0.25) is 4.68 Å². The average molecular weight is 279 g/mol. The zero-order valence-electron chi connectivity index (χ0n) is 12.3. The van der Waals surface area contributed by atoms with E-state index in [0.29, 0.717) is 6.04 Å². The second-order valence-electron chi connectivity index (χ2n) is 6.30. The third kappa shape index (κ3) is 3.05. The fraction of sp³-hybridized carbons (Fsp3) is 0.800. The Morgan fingerprint density at radius 2 is 2.25 bits per heavy atom. The molecule has 2 saturated heterocycles. The number of hydrogen-bond donors (Lipinski definition) is 1. The summed E-state index contributed by atoms with van der Waals surface area (Å²) in [6, 6.07) is 0.632. The fourth-order valence-corrected chi connectivity index (χ4v) is 3.37. The molecule has 5 heteroatoms. The monoisotopic (exact) mass is 279 g/mol. The molecular weight excluding hydrogens is 254 g/mol. The molecule has 2 aliphatic heterocycles. The summed E-state index contributed by atoms with van der Waals surface area (Å²) in [5.74, 6) is 0. The largest absolute Gasteiger partial charge is 0.381 e. The zero-order valence-corrected chi connectivity index (χ0v) is 12.3. The third-order valence-electron chi connectivity index (χ3n) is 4.46. The summed E-state index contributed by atoms with van der Waals surface area (Å²) >= 11 is 0. The summed E-state index contributed by atoms with van der Waals surface area (Å²) in [5.41, 5.74) is 7.10. The molecule has 1 spiro atoms. The van der Waals surface area contributed by atoms with Gasteiger partial charge in [-0.25, -0.2) is 0 Å². The van der Waals surface area contributed by atoms with Gasteiger partial charge < -0.3 is 15.2 Å². The van der Waals surface area contributed by atoms with Crippen molar-refractivity contribution >= 4 is 0 Å². The van der Waals surface area contributed by atoms with Crippen molar-refractivity contribution in [1.82, 2.24) is 9.78 Å². The van der Waals surface area contributed by atoms with E-state index in [1.807, 2.05) is 13.1 Å². The topological polar surface area (TPSA) is 62.3 Å². The van der Waals surface area contributed by atoms with E-state index in [1.54, 1.807) is 0 Å². The van der Waals surface area contributed by atoms with E-state index in [9.17, 15) is 0 Å². The molecule has 1 aromatic heterocycles. The van der Waals surface area contributed by atoms with Crippen molar-refractivity contribution in [3.63, 3.8) is 0 Å². The lowest BCUT2D eigenvalue weighted by atomic mass is 9.84. The molecule has 0 bridgehead atoms.